The van der Waals surface area contributed by atoms with Crippen LogP contribution in [0.3, 0.4) is 0 Å². The third-order valence-electron chi connectivity index (χ3n) is 1.76. The van der Waals surface area contributed by atoms with E-state index < -0.39 is 0 Å². The summed E-state index contributed by atoms with van der Waals surface area (Å²) in [5, 5.41) is 7.06. The molecular weight excluding hydrogens is 146 g/mol. The van der Waals surface area contributed by atoms with Gasteiger partial charge in [0.25, 0.3) is 0 Å². The number of aromatic nitrogens is 2. The van der Waals surface area contributed by atoms with Crippen LogP contribution in [0.15, 0.2) is 4.63 Å². The molecule has 0 spiro atoms. The van der Waals surface area contributed by atoms with Gasteiger partial charge in [-0.1, -0.05) is 0 Å². The highest BCUT2D eigenvalue weighted by Crippen LogP contribution is 2.19. The molecule has 0 aliphatic carbocycles. The number of hydrogen-bond donors (Lipinski definition) is 0. The second-order valence-corrected chi connectivity index (χ2v) is 2.43. The summed E-state index contributed by atoms with van der Waals surface area (Å²) >= 11 is 0. The minimum absolute atomic E-state index is 0.296. The van der Waals surface area contributed by atoms with E-state index in [-0.39, 0.29) is 0 Å². The van der Waals surface area contributed by atoms with E-state index in [4.69, 9.17) is 0 Å². The van der Waals surface area contributed by atoms with Crippen LogP contribution in [0.2, 0.25) is 0 Å². The maximum Gasteiger partial charge on any atom is 0.204 e. The van der Waals surface area contributed by atoms with E-state index in [9.17, 15) is 4.79 Å². The van der Waals surface area contributed by atoms with E-state index in [2.05, 4.69) is 14.9 Å². The molecule has 2 heterocycles. The lowest BCUT2D eigenvalue weighted by Crippen LogP contribution is -2.37. The van der Waals surface area contributed by atoms with Crippen LogP contribution in [0, 0.1) is 0 Å². The molecule has 0 aromatic carbocycles. The predicted octanol–water partition coefficient (Wildman–Crippen LogP) is 0.0922. The van der Waals surface area contributed by atoms with Gasteiger partial charge >= 0.3 is 0 Å². The highest BCUT2D eigenvalue weighted by atomic mass is 16.6. The van der Waals surface area contributed by atoms with Crippen LogP contribution in [-0.2, 0) is 0 Å². The Kier molecular flexibility index (Phi) is 1.34. The molecule has 0 radical (unpaired) electrons. The molecule has 0 unspecified atom stereocenters. The van der Waals surface area contributed by atoms with Crippen molar-refractivity contribution in [2.45, 2.75) is 6.42 Å². The minimum atomic E-state index is 0.296. The van der Waals surface area contributed by atoms with E-state index >= 15 is 0 Å². The lowest BCUT2D eigenvalue weighted by atomic mass is 10.2. The van der Waals surface area contributed by atoms with Gasteiger partial charge in [0.1, 0.15) is 0 Å². The molecule has 1 aliphatic rings. The van der Waals surface area contributed by atoms with Crippen molar-refractivity contribution in [1.29, 1.82) is 0 Å². The highest BCUT2D eigenvalue weighted by Gasteiger charge is 2.21. The Morgan fingerprint density at radius 3 is 2.82 bits per heavy atom. The Labute approximate surface area is 62.9 Å². The average Bonchev–Trinajstić information content (AvgIpc) is 2.32. The second-order valence-electron chi connectivity index (χ2n) is 2.43. The van der Waals surface area contributed by atoms with E-state index in [1.165, 1.54) is 0 Å². The van der Waals surface area contributed by atoms with Crippen LogP contribution >= 0.6 is 0 Å². The van der Waals surface area contributed by atoms with Gasteiger partial charge in [0, 0.05) is 13.1 Å². The molecule has 0 amide bonds. The molecule has 5 heteroatoms. The average molecular weight is 153 g/mol. The number of anilines is 1. The van der Waals surface area contributed by atoms with Gasteiger partial charge in [-0.15, -0.1) is 0 Å². The summed E-state index contributed by atoms with van der Waals surface area (Å²) in [5.74, 6) is 0.575. The molecule has 0 N–H and O–H groups in total. The Morgan fingerprint density at radius 2 is 2.27 bits per heavy atom. The summed E-state index contributed by atoms with van der Waals surface area (Å²) in [5.41, 5.74) is 0.296. The summed E-state index contributed by atoms with van der Waals surface area (Å²) in [6.45, 7) is 1.88. The van der Waals surface area contributed by atoms with Gasteiger partial charge in [-0.25, -0.2) is 4.63 Å². The van der Waals surface area contributed by atoms with E-state index in [1.54, 1.807) is 0 Å². The van der Waals surface area contributed by atoms with Crippen LogP contribution < -0.4 is 4.90 Å². The van der Waals surface area contributed by atoms with Gasteiger partial charge in [-0.3, -0.25) is 4.79 Å². The van der Waals surface area contributed by atoms with Crippen molar-refractivity contribution in [1.82, 2.24) is 10.3 Å². The van der Waals surface area contributed by atoms with Gasteiger partial charge in [0.15, 0.2) is 12.0 Å². The standard InChI is InChI=1S/C6H7N3O2/c10-4-5-6(8-11-7-5)9-2-1-3-9/h4H,1-3H2. The molecule has 1 aromatic heterocycles. The van der Waals surface area contributed by atoms with Crippen molar-refractivity contribution in [3.8, 4) is 0 Å². The van der Waals surface area contributed by atoms with Crippen molar-refractivity contribution in [3.05, 3.63) is 5.69 Å². The molecule has 0 bridgehead atoms. The summed E-state index contributed by atoms with van der Waals surface area (Å²) in [6.07, 6.45) is 1.80. The van der Waals surface area contributed by atoms with E-state index in [1.807, 2.05) is 4.90 Å². The Hall–Kier alpha value is -1.39. The quantitative estimate of drug-likeness (QED) is 0.563. The molecule has 1 fully saturated rings. The monoisotopic (exact) mass is 153 g/mol. The predicted molar refractivity (Wildman–Crippen MR) is 36.5 cm³/mol. The maximum atomic E-state index is 10.3. The largest absolute Gasteiger partial charge is 0.352 e. The summed E-state index contributed by atoms with van der Waals surface area (Å²) in [4.78, 5) is 12.3. The zero-order valence-corrected chi connectivity index (χ0v) is 5.86. The van der Waals surface area contributed by atoms with Crippen molar-refractivity contribution in [2.24, 2.45) is 0 Å². The van der Waals surface area contributed by atoms with Crippen LogP contribution in [0.25, 0.3) is 0 Å². The second kappa shape index (κ2) is 2.34. The first-order valence-corrected chi connectivity index (χ1v) is 3.44. The van der Waals surface area contributed by atoms with Crippen molar-refractivity contribution < 1.29 is 9.42 Å². The summed E-state index contributed by atoms with van der Waals surface area (Å²) in [7, 11) is 0. The van der Waals surface area contributed by atoms with Gasteiger partial charge < -0.3 is 4.90 Å². The van der Waals surface area contributed by atoms with Gasteiger partial charge in [0.2, 0.25) is 5.82 Å². The third kappa shape index (κ3) is 0.886. The summed E-state index contributed by atoms with van der Waals surface area (Å²) in [6, 6.07) is 0. The SMILES string of the molecule is O=Cc1nonc1N1CCC1. The molecule has 58 valence electrons. The molecule has 11 heavy (non-hydrogen) atoms. The molecule has 5 nitrogen and oxygen atoms in total. The van der Waals surface area contributed by atoms with Gasteiger partial charge in [0.05, 0.1) is 0 Å². The summed E-state index contributed by atoms with van der Waals surface area (Å²) < 4.78 is 4.42. The van der Waals surface area contributed by atoms with Crippen LogP contribution in [0.5, 0.6) is 0 Å². The molecule has 1 aromatic rings. The Morgan fingerprint density at radius 1 is 1.45 bits per heavy atom. The number of aldehydes is 1. The van der Waals surface area contributed by atoms with E-state index in [0.717, 1.165) is 19.5 Å². The highest BCUT2D eigenvalue weighted by molar-refractivity contribution is 5.79. The lowest BCUT2D eigenvalue weighted by Gasteiger charge is -2.29. The van der Waals surface area contributed by atoms with Crippen LogP contribution in [0.4, 0.5) is 5.82 Å². The zero-order valence-electron chi connectivity index (χ0n) is 5.86. The Balaban J connectivity index is 2.27. The molecule has 1 saturated heterocycles. The number of carbonyl (C=O) groups is 1. The number of carbonyl (C=O) groups excluding carboxylic acids is 1. The van der Waals surface area contributed by atoms with Gasteiger partial charge in [-0.2, -0.15) is 0 Å². The molecular formula is C6H7N3O2. The van der Waals surface area contributed by atoms with Crippen molar-refractivity contribution >= 4 is 12.1 Å². The van der Waals surface area contributed by atoms with Crippen LogP contribution in [-0.4, -0.2) is 29.7 Å². The molecule has 2 rings (SSSR count). The molecule has 0 atom stereocenters. The fourth-order valence-electron chi connectivity index (χ4n) is 1.01. The topological polar surface area (TPSA) is 59.2 Å². The number of rotatable bonds is 2. The van der Waals surface area contributed by atoms with Crippen molar-refractivity contribution in [2.75, 3.05) is 18.0 Å². The van der Waals surface area contributed by atoms with E-state index in [0.29, 0.717) is 17.8 Å². The maximum absolute atomic E-state index is 10.3. The molecule has 1 aliphatic heterocycles. The number of hydrogen-bond acceptors (Lipinski definition) is 5. The zero-order chi connectivity index (χ0) is 7.68. The fraction of sp³-hybridized carbons (Fsp3) is 0.500. The van der Waals surface area contributed by atoms with Crippen LogP contribution in [0.1, 0.15) is 16.9 Å². The first kappa shape index (κ1) is 6.33. The normalized spacial score (nSPS) is 16.2. The minimum Gasteiger partial charge on any atom is -0.352 e. The van der Waals surface area contributed by atoms with Gasteiger partial charge in [-0.05, 0) is 16.7 Å². The third-order valence-corrected chi connectivity index (χ3v) is 1.76. The first-order chi connectivity index (χ1) is 5.42. The lowest BCUT2D eigenvalue weighted by molar-refractivity contribution is 0.111. The smallest absolute Gasteiger partial charge is 0.204 e. The molecule has 0 saturated carbocycles. The van der Waals surface area contributed by atoms with Crippen molar-refractivity contribution in [3.63, 3.8) is 0 Å². The first-order valence-electron chi connectivity index (χ1n) is 3.44. The fourth-order valence-corrected chi connectivity index (χ4v) is 1.01. The Bertz CT molecular complexity index is 267. The number of nitrogens with zero attached hydrogens (tertiary/aromatic N) is 3.